The first-order valence-electron chi connectivity index (χ1n) is 5.17. The van der Waals surface area contributed by atoms with Crippen LogP contribution in [0, 0.1) is 5.92 Å². The second kappa shape index (κ2) is 4.75. The van der Waals surface area contributed by atoms with Crippen LogP contribution in [0.2, 0.25) is 0 Å². The van der Waals surface area contributed by atoms with Crippen molar-refractivity contribution in [2.75, 3.05) is 13.1 Å². The monoisotopic (exact) mass is 201 g/mol. The lowest BCUT2D eigenvalue weighted by molar-refractivity contribution is -0.143. The number of aliphatic hydroxyl groups is 1. The van der Waals surface area contributed by atoms with Crippen LogP contribution in [-0.2, 0) is 4.79 Å². The van der Waals surface area contributed by atoms with E-state index in [1.54, 1.807) is 6.92 Å². The van der Waals surface area contributed by atoms with Crippen molar-refractivity contribution in [3.63, 3.8) is 0 Å². The fourth-order valence-corrected chi connectivity index (χ4v) is 2.03. The van der Waals surface area contributed by atoms with Crippen molar-refractivity contribution >= 4 is 5.97 Å². The van der Waals surface area contributed by atoms with E-state index in [2.05, 4.69) is 0 Å². The van der Waals surface area contributed by atoms with Crippen molar-refractivity contribution in [1.82, 2.24) is 4.90 Å². The summed E-state index contributed by atoms with van der Waals surface area (Å²) in [5.74, 6) is -0.512. The molecule has 1 aliphatic heterocycles. The Bertz CT molecular complexity index is 206. The molecule has 1 rings (SSSR count). The minimum atomic E-state index is -0.736. The van der Waals surface area contributed by atoms with E-state index in [-0.39, 0.29) is 18.1 Å². The third-order valence-corrected chi connectivity index (χ3v) is 2.89. The zero-order valence-corrected chi connectivity index (χ0v) is 8.81. The van der Waals surface area contributed by atoms with E-state index in [4.69, 9.17) is 10.2 Å². The zero-order chi connectivity index (χ0) is 10.7. The van der Waals surface area contributed by atoms with Gasteiger partial charge in [0.15, 0.2) is 0 Å². The molecule has 82 valence electrons. The van der Waals surface area contributed by atoms with Crippen molar-refractivity contribution in [2.45, 2.75) is 38.8 Å². The van der Waals surface area contributed by atoms with Crippen LogP contribution in [-0.4, -0.2) is 46.3 Å². The Kier molecular flexibility index (Phi) is 3.89. The Hall–Kier alpha value is -0.610. The van der Waals surface area contributed by atoms with E-state index in [0.29, 0.717) is 13.0 Å². The SMILES string of the molecule is CC(O)CCN1CCC(C)C1C(=O)O. The van der Waals surface area contributed by atoms with E-state index in [9.17, 15) is 4.79 Å². The van der Waals surface area contributed by atoms with Gasteiger partial charge in [-0.2, -0.15) is 0 Å². The lowest BCUT2D eigenvalue weighted by Gasteiger charge is -2.23. The summed E-state index contributed by atoms with van der Waals surface area (Å²) in [4.78, 5) is 12.9. The highest BCUT2D eigenvalue weighted by Crippen LogP contribution is 2.24. The van der Waals surface area contributed by atoms with Gasteiger partial charge in [-0.3, -0.25) is 9.69 Å². The molecule has 14 heavy (non-hydrogen) atoms. The highest BCUT2D eigenvalue weighted by molar-refractivity contribution is 5.74. The largest absolute Gasteiger partial charge is 0.480 e. The molecule has 3 atom stereocenters. The molecule has 0 aromatic carbocycles. The Morgan fingerprint density at radius 2 is 2.29 bits per heavy atom. The first kappa shape index (κ1) is 11.5. The van der Waals surface area contributed by atoms with Crippen LogP contribution in [0.5, 0.6) is 0 Å². The van der Waals surface area contributed by atoms with Gasteiger partial charge in [-0.1, -0.05) is 6.92 Å². The minimum Gasteiger partial charge on any atom is -0.480 e. The van der Waals surface area contributed by atoms with Gasteiger partial charge >= 0.3 is 5.97 Å². The third-order valence-electron chi connectivity index (χ3n) is 2.89. The summed E-state index contributed by atoms with van der Waals surface area (Å²) >= 11 is 0. The molecule has 0 amide bonds. The van der Waals surface area contributed by atoms with Crippen LogP contribution in [0.25, 0.3) is 0 Å². The second-order valence-electron chi connectivity index (χ2n) is 4.22. The number of hydrogen-bond donors (Lipinski definition) is 2. The van der Waals surface area contributed by atoms with Crippen LogP contribution < -0.4 is 0 Å². The average Bonchev–Trinajstić information content (AvgIpc) is 2.43. The van der Waals surface area contributed by atoms with E-state index >= 15 is 0 Å². The molecule has 3 unspecified atom stereocenters. The van der Waals surface area contributed by atoms with Crippen LogP contribution in [0.4, 0.5) is 0 Å². The zero-order valence-electron chi connectivity index (χ0n) is 8.81. The number of rotatable bonds is 4. The fraction of sp³-hybridized carbons (Fsp3) is 0.900. The van der Waals surface area contributed by atoms with Gasteiger partial charge in [-0.25, -0.2) is 0 Å². The molecule has 0 aromatic rings. The van der Waals surface area contributed by atoms with Crippen molar-refractivity contribution in [2.24, 2.45) is 5.92 Å². The van der Waals surface area contributed by atoms with Crippen LogP contribution in [0.3, 0.4) is 0 Å². The van der Waals surface area contributed by atoms with Gasteiger partial charge in [0.05, 0.1) is 6.10 Å². The van der Waals surface area contributed by atoms with E-state index in [0.717, 1.165) is 13.0 Å². The maximum Gasteiger partial charge on any atom is 0.321 e. The number of aliphatic hydroxyl groups excluding tert-OH is 1. The molecule has 1 aliphatic rings. The summed E-state index contributed by atoms with van der Waals surface area (Å²) in [6, 6.07) is -0.353. The average molecular weight is 201 g/mol. The van der Waals surface area contributed by atoms with Gasteiger partial charge in [0.2, 0.25) is 0 Å². The summed E-state index contributed by atoms with van der Waals surface area (Å²) < 4.78 is 0. The number of carbonyl (C=O) groups is 1. The van der Waals surface area contributed by atoms with Crippen molar-refractivity contribution in [3.05, 3.63) is 0 Å². The second-order valence-corrected chi connectivity index (χ2v) is 4.22. The maximum absolute atomic E-state index is 11.0. The highest BCUT2D eigenvalue weighted by Gasteiger charge is 2.36. The minimum absolute atomic E-state index is 0.224. The molecule has 2 N–H and O–H groups in total. The van der Waals surface area contributed by atoms with Crippen molar-refractivity contribution < 1.29 is 15.0 Å². The lowest BCUT2D eigenvalue weighted by atomic mass is 10.0. The Labute approximate surface area is 84.5 Å². The third kappa shape index (κ3) is 2.69. The van der Waals surface area contributed by atoms with E-state index in [1.165, 1.54) is 0 Å². The number of likely N-dealkylation sites (tertiary alicyclic amines) is 1. The summed E-state index contributed by atoms with van der Waals surface area (Å²) in [6.07, 6.45) is 1.24. The predicted octanol–water partition coefficient (Wildman–Crippen LogP) is 0.552. The molecule has 0 spiro atoms. The van der Waals surface area contributed by atoms with Gasteiger partial charge in [0, 0.05) is 6.54 Å². The lowest BCUT2D eigenvalue weighted by Crippen LogP contribution is -2.40. The first-order chi connectivity index (χ1) is 6.52. The summed E-state index contributed by atoms with van der Waals surface area (Å²) in [6.45, 7) is 5.22. The van der Waals surface area contributed by atoms with Gasteiger partial charge in [-0.15, -0.1) is 0 Å². The molecule has 4 heteroatoms. The smallest absolute Gasteiger partial charge is 0.321 e. The Balaban J connectivity index is 2.47. The highest BCUT2D eigenvalue weighted by atomic mass is 16.4. The molecular formula is C10H19NO3. The quantitative estimate of drug-likeness (QED) is 0.697. The topological polar surface area (TPSA) is 60.8 Å². The van der Waals surface area contributed by atoms with Gasteiger partial charge in [0.1, 0.15) is 6.04 Å². The van der Waals surface area contributed by atoms with Crippen molar-refractivity contribution in [1.29, 1.82) is 0 Å². The molecule has 0 aromatic heterocycles. The van der Waals surface area contributed by atoms with E-state index in [1.807, 2.05) is 11.8 Å². The van der Waals surface area contributed by atoms with Crippen LogP contribution in [0.1, 0.15) is 26.7 Å². The number of carboxylic acid groups (broad SMARTS) is 1. The molecule has 4 nitrogen and oxygen atoms in total. The summed E-state index contributed by atoms with van der Waals surface area (Å²) in [5, 5.41) is 18.1. The fourth-order valence-electron chi connectivity index (χ4n) is 2.03. The Morgan fingerprint density at radius 1 is 1.64 bits per heavy atom. The van der Waals surface area contributed by atoms with Crippen LogP contribution >= 0.6 is 0 Å². The molecule has 0 radical (unpaired) electrons. The standard InChI is InChI=1S/C10H19NO3/c1-7-3-5-11(6-4-8(2)12)9(7)10(13)14/h7-9,12H,3-6H2,1-2H3,(H,13,14). The number of aliphatic carboxylic acids is 1. The van der Waals surface area contributed by atoms with Gasteiger partial charge in [-0.05, 0) is 32.2 Å². The number of carboxylic acids is 1. The number of nitrogens with zero attached hydrogens (tertiary/aromatic N) is 1. The molecule has 1 heterocycles. The van der Waals surface area contributed by atoms with Crippen molar-refractivity contribution in [3.8, 4) is 0 Å². The van der Waals surface area contributed by atoms with Gasteiger partial charge < -0.3 is 10.2 Å². The Morgan fingerprint density at radius 3 is 2.79 bits per heavy atom. The molecule has 1 saturated heterocycles. The molecule has 0 saturated carbocycles. The number of hydrogen-bond acceptors (Lipinski definition) is 3. The molecule has 0 aliphatic carbocycles. The summed E-state index contributed by atoms with van der Waals surface area (Å²) in [7, 11) is 0. The van der Waals surface area contributed by atoms with Gasteiger partial charge in [0.25, 0.3) is 0 Å². The first-order valence-corrected chi connectivity index (χ1v) is 5.17. The normalized spacial score (nSPS) is 30.5. The predicted molar refractivity (Wildman–Crippen MR) is 53.1 cm³/mol. The molecule has 0 bridgehead atoms. The molecule has 1 fully saturated rings. The van der Waals surface area contributed by atoms with E-state index < -0.39 is 5.97 Å². The summed E-state index contributed by atoms with van der Waals surface area (Å²) in [5.41, 5.74) is 0. The van der Waals surface area contributed by atoms with Crippen LogP contribution in [0.15, 0.2) is 0 Å². The maximum atomic E-state index is 11.0. The molecular weight excluding hydrogens is 182 g/mol.